The van der Waals surface area contributed by atoms with Gasteiger partial charge in [-0.25, -0.2) is 0 Å². The highest BCUT2D eigenvalue weighted by Gasteiger charge is 2.13. The predicted molar refractivity (Wildman–Crippen MR) is 108 cm³/mol. The highest BCUT2D eigenvalue weighted by atomic mass is 15.4. The Morgan fingerprint density at radius 3 is 1.38 bits per heavy atom. The van der Waals surface area contributed by atoms with Crippen molar-refractivity contribution in [1.29, 1.82) is 0 Å². The Morgan fingerprint density at radius 2 is 0.958 bits per heavy atom. The van der Waals surface area contributed by atoms with Crippen molar-refractivity contribution >= 4 is 0 Å². The van der Waals surface area contributed by atoms with Crippen molar-refractivity contribution < 1.29 is 0 Å². The second-order valence-electron chi connectivity index (χ2n) is 8.08. The zero-order chi connectivity index (χ0) is 17.3. The molecular formula is C22H46N2. The lowest BCUT2D eigenvalue weighted by atomic mass is 9.98. The average molecular weight is 339 g/mol. The molecule has 2 heteroatoms. The molecule has 0 bridgehead atoms. The van der Waals surface area contributed by atoms with Gasteiger partial charge in [0.25, 0.3) is 0 Å². The number of hydrazine groups is 1. The first-order valence-corrected chi connectivity index (χ1v) is 11.4. The first kappa shape index (κ1) is 22.0. The molecular weight excluding hydrogens is 292 g/mol. The van der Waals surface area contributed by atoms with Crippen molar-refractivity contribution in [1.82, 2.24) is 10.9 Å². The molecule has 0 saturated carbocycles. The van der Waals surface area contributed by atoms with E-state index in [2.05, 4.69) is 24.7 Å². The van der Waals surface area contributed by atoms with Gasteiger partial charge in [0.15, 0.2) is 0 Å². The van der Waals surface area contributed by atoms with Gasteiger partial charge in [0, 0.05) is 12.1 Å². The molecule has 1 saturated heterocycles. The summed E-state index contributed by atoms with van der Waals surface area (Å²) in [5.74, 6) is 0. The average Bonchev–Trinajstić information content (AvgIpc) is 2.59. The summed E-state index contributed by atoms with van der Waals surface area (Å²) in [4.78, 5) is 0. The molecule has 0 amide bonds. The summed E-state index contributed by atoms with van der Waals surface area (Å²) in [7, 11) is 0. The van der Waals surface area contributed by atoms with E-state index in [0.29, 0.717) is 12.1 Å². The van der Waals surface area contributed by atoms with Crippen molar-refractivity contribution in [3.8, 4) is 0 Å². The van der Waals surface area contributed by atoms with E-state index < -0.39 is 0 Å². The van der Waals surface area contributed by atoms with Gasteiger partial charge in [-0.1, -0.05) is 104 Å². The Bertz CT molecular complexity index is 224. The number of hydrogen-bond donors (Lipinski definition) is 2. The van der Waals surface area contributed by atoms with Gasteiger partial charge < -0.3 is 0 Å². The van der Waals surface area contributed by atoms with Crippen molar-refractivity contribution in [2.24, 2.45) is 0 Å². The van der Waals surface area contributed by atoms with Gasteiger partial charge in [0.2, 0.25) is 0 Å². The van der Waals surface area contributed by atoms with Crippen molar-refractivity contribution in [2.45, 2.75) is 142 Å². The fourth-order valence-electron chi connectivity index (χ4n) is 3.94. The summed E-state index contributed by atoms with van der Waals surface area (Å²) in [6.07, 6.45) is 25.2. The minimum atomic E-state index is 0.694. The van der Waals surface area contributed by atoms with Gasteiger partial charge in [0.1, 0.15) is 0 Å². The van der Waals surface area contributed by atoms with Crippen LogP contribution >= 0.6 is 0 Å². The van der Waals surface area contributed by atoms with Crippen molar-refractivity contribution in [3.05, 3.63) is 0 Å². The van der Waals surface area contributed by atoms with Crippen LogP contribution in [0, 0.1) is 0 Å². The van der Waals surface area contributed by atoms with Crippen LogP contribution in [0.3, 0.4) is 0 Å². The third-order valence-electron chi connectivity index (χ3n) is 5.66. The van der Waals surface area contributed by atoms with Crippen LogP contribution in [0.4, 0.5) is 0 Å². The molecule has 0 spiro atoms. The molecule has 24 heavy (non-hydrogen) atoms. The molecule has 144 valence electrons. The maximum Gasteiger partial charge on any atom is 0.0213 e. The molecule has 1 fully saturated rings. The van der Waals surface area contributed by atoms with Crippen LogP contribution < -0.4 is 10.9 Å². The highest BCUT2D eigenvalue weighted by molar-refractivity contribution is 4.71. The lowest BCUT2D eigenvalue weighted by Crippen LogP contribution is -2.46. The Labute approximate surface area is 152 Å². The van der Waals surface area contributed by atoms with Gasteiger partial charge >= 0.3 is 0 Å². The Morgan fingerprint density at radius 1 is 0.542 bits per heavy atom. The van der Waals surface area contributed by atoms with Gasteiger partial charge in [-0.05, 0) is 25.7 Å². The van der Waals surface area contributed by atoms with E-state index in [4.69, 9.17) is 0 Å². The Kier molecular flexibility index (Phi) is 15.0. The minimum Gasteiger partial charge on any atom is -0.255 e. The number of nitrogens with one attached hydrogen (secondary N) is 2. The molecule has 0 aromatic heterocycles. The summed E-state index contributed by atoms with van der Waals surface area (Å²) >= 11 is 0. The second kappa shape index (κ2) is 16.4. The lowest BCUT2D eigenvalue weighted by molar-refractivity contribution is 0.299. The van der Waals surface area contributed by atoms with Crippen LogP contribution in [0.5, 0.6) is 0 Å². The van der Waals surface area contributed by atoms with Crippen LogP contribution in [0.2, 0.25) is 0 Å². The summed E-state index contributed by atoms with van der Waals surface area (Å²) in [5, 5.41) is 0. The predicted octanol–water partition coefficient (Wildman–Crippen LogP) is 6.89. The zero-order valence-electron chi connectivity index (χ0n) is 16.9. The lowest BCUT2D eigenvalue weighted by Gasteiger charge is -2.26. The van der Waals surface area contributed by atoms with Crippen molar-refractivity contribution in [2.75, 3.05) is 0 Å². The van der Waals surface area contributed by atoms with E-state index in [1.165, 1.54) is 116 Å². The molecule has 0 aromatic carbocycles. The van der Waals surface area contributed by atoms with E-state index in [1.807, 2.05) is 0 Å². The Balaban J connectivity index is 2.35. The monoisotopic (exact) mass is 338 g/mol. The Hall–Kier alpha value is -0.0800. The molecule has 2 unspecified atom stereocenters. The third kappa shape index (κ3) is 12.3. The minimum absolute atomic E-state index is 0.694. The summed E-state index contributed by atoms with van der Waals surface area (Å²) in [6, 6.07) is 1.39. The maximum atomic E-state index is 3.76. The molecule has 1 aliphatic heterocycles. The van der Waals surface area contributed by atoms with E-state index in [1.54, 1.807) is 0 Å². The molecule has 0 radical (unpaired) electrons. The smallest absolute Gasteiger partial charge is 0.0213 e. The molecule has 2 nitrogen and oxygen atoms in total. The largest absolute Gasteiger partial charge is 0.255 e. The van der Waals surface area contributed by atoms with Crippen LogP contribution in [0.1, 0.15) is 129 Å². The topological polar surface area (TPSA) is 24.1 Å². The van der Waals surface area contributed by atoms with Gasteiger partial charge in [-0.15, -0.1) is 0 Å². The maximum absolute atomic E-state index is 3.76. The van der Waals surface area contributed by atoms with E-state index >= 15 is 0 Å². The van der Waals surface area contributed by atoms with E-state index in [9.17, 15) is 0 Å². The molecule has 2 atom stereocenters. The number of rotatable bonds is 10. The highest BCUT2D eigenvalue weighted by Crippen LogP contribution is 2.17. The normalized spacial score (nSPS) is 24.2. The second-order valence-corrected chi connectivity index (χ2v) is 8.08. The molecule has 1 aliphatic rings. The van der Waals surface area contributed by atoms with E-state index in [-0.39, 0.29) is 0 Å². The molecule has 0 aromatic rings. The number of unbranched alkanes of at least 4 members (excludes halogenated alkanes) is 6. The van der Waals surface area contributed by atoms with E-state index in [0.717, 1.165) is 0 Å². The fraction of sp³-hybridized carbons (Fsp3) is 1.00. The standard InChI is InChI=1S/C22H46N2/c1-3-5-7-13-17-21-19-15-11-9-10-12-16-20-22(24-23-21)18-14-8-6-4-2/h21-24H,3-20H2,1-2H3. The zero-order valence-corrected chi connectivity index (χ0v) is 16.9. The van der Waals surface area contributed by atoms with Crippen LogP contribution in [0.15, 0.2) is 0 Å². The molecule has 2 N–H and O–H groups in total. The van der Waals surface area contributed by atoms with Gasteiger partial charge in [-0.2, -0.15) is 0 Å². The first-order chi connectivity index (χ1) is 11.9. The van der Waals surface area contributed by atoms with Crippen molar-refractivity contribution in [3.63, 3.8) is 0 Å². The number of hydrogen-bond acceptors (Lipinski definition) is 2. The molecule has 0 aliphatic carbocycles. The quantitative estimate of drug-likeness (QED) is 0.424. The summed E-state index contributed by atoms with van der Waals surface area (Å²) in [5.41, 5.74) is 7.51. The van der Waals surface area contributed by atoms with Crippen LogP contribution in [0.25, 0.3) is 0 Å². The third-order valence-corrected chi connectivity index (χ3v) is 5.66. The van der Waals surface area contributed by atoms with Crippen LogP contribution in [-0.2, 0) is 0 Å². The van der Waals surface area contributed by atoms with Crippen LogP contribution in [-0.4, -0.2) is 12.1 Å². The first-order valence-electron chi connectivity index (χ1n) is 11.4. The SMILES string of the molecule is CCCCCCC1CCCCCCCCC(CCCCCC)NN1. The molecule has 1 rings (SSSR count). The van der Waals surface area contributed by atoms with Gasteiger partial charge in [-0.3, -0.25) is 10.9 Å². The summed E-state index contributed by atoms with van der Waals surface area (Å²) < 4.78 is 0. The molecule has 1 heterocycles. The fourth-order valence-corrected chi connectivity index (χ4v) is 3.94. The summed E-state index contributed by atoms with van der Waals surface area (Å²) in [6.45, 7) is 4.61. The van der Waals surface area contributed by atoms with Gasteiger partial charge in [0.05, 0.1) is 0 Å².